The highest BCUT2D eigenvalue weighted by atomic mass is 19.4. The zero-order valence-electron chi connectivity index (χ0n) is 23.6. The van der Waals surface area contributed by atoms with E-state index in [4.69, 9.17) is 0 Å². The van der Waals surface area contributed by atoms with Crippen LogP contribution >= 0.6 is 0 Å². The van der Waals surface area contributed by atoms with Crippen molar-refractivity contribution in [3.8, 4) is 22.5 Å². The van der Waals surface area contributed by atoms with Crippen LogP contribution in [0.3, 0.4) is 0 Å². The molecule has 1 aliphatic rings. The SMILES string of the molecule is CC(C)CN(c1ccc(-c2ccccc2-c2nnn[nH]2)cc1NC(=O)Nc1ccccc1C(F)(F)F)C1CCCCC1. The third-order valence-electron chi connectivity index (χ3n) is 7.45. The number of nitrogens with one attached hydrogen (secondary N) is 3. The van der Waals surface area contributed by atoms with E-state index in [9.17, 15) is 18.0 Å². The van der Waals surface area contributed by atoms with Crippen LogP contribution in [0.4, 0.5) is 35.0 Å². The van der Waals surface area contributed by atoms with E-state index >= 15 is 0 Å². The zero-order valence-corrected chi connectivity index (χ0v) is 23.6. The van der Waals surface area contributed by atoms with E-state index in [1.54, 1.807) is 0 Å². The first-order valence-electron chi connectivity index (χ1n) is 14.2. The molecule has 0 atom stereocenters. The van der Waals surface area contributed by atoms with Crippen molar-refractivity contribution in [2.45, 2.75) is 58.2 Å². The quantitative estimate of drug-likeness (QED) is 0.197. The summed E-state index contributed by atoms with van der Waals surface area (Å²) in [4.78, 5) is 15.6. The Kier molecular flexibility index (Phi) is 8.75. The zero-order chi connectivity index (χ0) is 29.7. The van der Waals surface area contributed by atoms with Gasteiger partial charge in [0.25, 0.3) is 0 Å². The third kappa shape index (κ3) is 6.72. The Hall–Kier alpha value is -4.41. The number of urea groups is 1. The Morgan fingerprint density at radius 2 is 1.64 bits per heavy atom. The van der Waals surface area contributed by atoms with Crippen molar-refractivity contribution in [2.75, 3.05) is 22.1 Å². The van der Waals surface area contributed by atoms with Crippen LogP contribution in [0, 0.1) is 5.92 Å². The molecule has 8 nitrogen and oxygen atoms in total. The molecule has 3 aromatic carbocycles. The molecule has 0 saturated heterocycles. The van der Waals surface area contributed by atoms with Crippen molar-refractivity contribution in [3.05, 3.63) is 72.3 Å². The van der Waals surface area contributed by atoms with Crippen molar-refractivity contribution in [1.82, 2.24) is 20.6 Å². The van der Waals surface area contributed by atoms with Gasteiger partial charge in [-0.05, 0) is 64.6 Å². The van der Waals surface area contributed by atoms with Crippen molar-refractivity contribution in [1.29, 1.82) is 0 Å². The number of tetrazole rings is 1. The molecule has 4 aromatic rings. The number of benzene rings is 3. The summed E-state index contributed by atoms with van der Waals surface area (Å²) in [5.41, 5.74) is 2.52. The van der Waals surface area contributed by atoms with E-state index in [0.29, 0.717) is 23.5 Å². The van der Waals surface area contributed by atoms with E-state index < -0.39 is 17.8 Å². The number of amides is 2. The molecule has 42 heavy (non-hydrogen) atoms. The molecular weight excluding hydrogens is 543 g/mol. The number of carbonyl (C=O) groups is 1. The maximum Gasteiger partial charge on any atom is 0.418 e. The summed E-state index contributed by atoms with van der Waals surface area (Å²) in [5.74, 6) is 0.848. The molecule has 220 valence electrons. The number of hydrogen-bond acceptors (Lipinski definition) is 5. The second-order valence-electron chi connectivity index (χ2n) is 11.0. The van der Waals surface area contributed by atoms with Crippen LogP contribution in [0.25, 0.3) is 22.5 Å². The molecule has 0 radical (unpaired) electrons. The Morgan fingerprint density at radius 3 is 2.33 bits per heavy atom. The average Bonchev–Trinajstić information content (AvgIpc) is 3.51. The maximum atomic E-state index is 13.6. The number of carbonyl (C=O) groups excluding carboxylic acids is 1. The lowest BCUT2D eigenvalue weighted by Crippen LogP contribution is -2.40. The summed E-state index contributed by atoms with van der Waals surface area (Å²) in [6.07, 6.45) is 0.940. The van der Waals surface area contributed by atoms with Crippen LogP contribution < -0.4 is 15.5 Å². The first-order valence-corrected chi connectivity index (χ1v) is 14.2. The standard InChI is InChI=1S/C31H34F3N7O/c1-20(2)19-41(22-10-4-3-5-11-22)28-17-16-21(23-12-6-7-13-24(23)29-37-39-40-38-29)18-27(28)36-30(42)35-26-15-9-8-14-25(26)31(32,33)34/h6-9,12-18,20,22H,3-5,10-11,19H2,1-2H3,(H2,35,36,42)(H,37,38,39,40). The molecule has 2 amide bonds. The molecule has 0 aliphatic heterocycles. The highest BCUT2D eigenvalue weighted by Gasteiger charge is 2.34. The molecule has 11 heteroatoms. The van der Waals surface area contributed by atoms with Gasteiger partial charge in [-0.2, -0.15) is 13.2 Å². The summed E-state index contributed by atoms with van der Waals surface area (Å²) in [5, 5.41) is 19.6. The van der Waals surface area contributed by atoms with Gasteiger partial charge in [-0.15, -0.1) is 5.10 Å². The molecular formula is C31H34F3N7O. The Bertz CT molecular complexity index is 1500. The smallest absolute Gasteiger partial charge is 0.367 e. The third-order valence-corrected chi connectivity index (χ3v) is 7.45. The maximum absolute atomic E-state index is 13.6. The van der Waals surface area contributed by atoms with Gasteiger partial charge in [0.15, 0.2) is 5.82 Å². The van der Waals surface area contributed by atoms with Gasteiger partial charge >= 0.3 is 12.2 Å². The number of rotatable bonds is 8. The highest BCUT2D eigenvalue weighted by Crippen LogP contribution is 2.39. The number of H-pyrrole nitrogens is 1. The van der Waals surface area contributed by atoms with Crippen LogP contribution in [0.1, 0.15) is 51.5 Å². The van der Waals surface area contributed by atoms with Gasteiger partial charge in [-0.3, -0.25) is 0 Å². The predicted octanol–water partition coefficient (Wildman–Crippen LogP) is 7.99. The number of nitrogens with zero attached hydrogens (tertiary/aromatic N) is 4. The first-order chi connectivity index (χ1) is 20.2. The number of hydrogen-bond donors (Lipinski definition) is 3. The number of aromatic nitrogens is 4. The highest BCUT2D eigenvalue weighted by molar-refractivity contribution is 6.03. The number of aromatic amines is 1. The van der Waals surface area contributed by atoms with Crippen molar-refractivity contribution >= 4 is 23.1 Å². The van der Waals surface area contributed by atoms with E-state index in [2.05, 4.69) is 50.0 Å². The molecule has 0 bridgehead atoms. The van der Waals surface area contributed by atoms with E-state index in [1.165, 1.54) is 24.6 Å². The lowest BCUT2D eigenvalue weighted by Gasteiger charge is -2.38. The lowest BCUT2D eigenvalue weighted by molar-refractivity contribution is -0.136. The van der Waals surface area contributed by atoms with Crippen molar-refractivity contribution < 1.29 is 18.0 Å². The Morgan fingerprint density at radius 1 is 0.952 bits per heavy atom. The van der Waals surface area contributed by atoms with Crippen LogP contribution in [-0.2, 0) is 6.18 Å². The minimum absolute atomic E-state index is 0.300. The minimum Gasteiger partial charge on any atom is -0.367 e. The second-order valence-corrected chi connectivity index (χ2v) is 11.0. The van der Waals surface area contributed by atoms with Gasteiger partial charge in [0, 0.05) is 18.2 Å². The molecule has 1 heterocycles. The van der Waals surface area contributed by atoms with Gasteiger partial charge in [0.2, 0.25) is 0 Å². The number of alkyl halides is 3. The lowest BCUT2D eigenvalue weighted by atomic mass is 9.92. The van der Waals surface area contributed by atoms with Gasteiger partial charge in [0.1, 0.15) is 0 Å². The topological polar surface area (TPSA) is 98.8 Å². The molecule has 0 unspecified atom stereocenters. The Labute approximate surface area is 242 Å². The minimum atomic E-state index is -4.61. The number of halogens is 3. The molecule has 1 fully saturated rings. The van der Waals surface area contributed by atoms with E-state index in [1.807, 2.05) is 42.5 Å². The van der Waals surface area contributed by atoms with Gasteiger partial charge in [-0.25, -0.2) is 9.89 Å². The van der Waals surface area contributed by atoms with E-state index in [-0.39, 0.29) is 5.69 Å². The molecule has 1 aliphatic carbocycles. The molecule has 0 spiro atoms. The average molecular weight is 578 g/mol. The van der Waals surface area contributed by atoms with Crippen LogP contribution in [0.15, 0.2) is 66.7 Å². The number of para-hydroxylation sites is 1. The summed E-state index contributed by atoms with van der Waals surface area (Å²) in [7, 11) is 0. The normalized spacial score (nSPS) is 14.1. The second kappa shape index (κ2) is 12.6. The largest absolute Gasteiger partial charge is 0.418 e. The molecule has 5 rings (SSSR count). The fourth-order valence-electron chi connectivity index (χ4n) is 5.61. The van der Waals surface area contributed by atoms with Crippen molar-refractivity contribution in [3.63, 3.8) is 0 Å². The van der Waals surface area contributed by atoms with Crippen LogP contribution in [0.5, 0.6) is 0 Å². The van der Waals surface area contributed by atoms with Gasteiger partial charge in [-0.1, -0.05) is 75.6 Å². The molecule has 1 saturated carbocycles. The molecule has 3 N–H and O–H groups in total. The summed E-state index contributed by atoms with van der Waals surface area (Å²) < 4.78 is 40.9. The molecule has 1 aromatic heterocycles. The van der Waals surface area contributed by atoms with Crippen LogP contribution in [-0.4, -0.2) is 39.2 Å². The fraction of sp³-hybridized carbons (Fsp3) is 0.355. The summed E-state index contributed by atoms with van der Waals surface area (Å²) in [6.45, 7) is 5.08. The Balaban J connectivity index is 1.56. The van der Waals surface area contributed by atoms with Gasteiger partial charge in [0.05, 0.1) is 22.6 Å². The van der Waals surface area contributed by atoms with E-state index in [0.717, 1.165) is 60.7 Å². The summed E-state index contributed by atoms with van der Waals surface area (Å²) >= 11 is 0. The fourth-order valence-corrected chi connectivity index (χ4v) is 5.61. The first kappa shape index (κ1) is 29.1. The predicted molar refractivity (Wildman–Crippen MR) is 158 cm³/mol. The van der Waals surface area contributed by atoms with Gasteiger partial charge < -0.3 is 15.5 Å². The van der Waals surface area contributed by atoms with Crippen molar-refractivity contribution in [2.24, 2.45) is 5.92 Å². The summed E-state index contributed by atoms with van der Waals surface area (Å²) in [6, 6.07) is 17.9. The van der Waals surface area contributed by atoms with Crippen LogP contribution in [0.2, 0.25) is 0 Å². The monoisotopic (exact) mass is 577 g/mol. The number of anilines is 3.